The van der Waals surface area contributed by atoms with E-state index in [4.69, 9.17) is 4.74 Å². The molecule has 2 fully saturated rings. The van der Waals surface area contributed by atoms with Gasteiger partial charge in [0.1, 0.15) is 0 Å². The zero-order valence-corrected chi connectivity index (χ0v) is 17.5. The van der Waals surface area contributed by atoms with E-state index in [9.17, 15) is 21.6 Å². The van der Waals surface area contributed by atoms with E-state index in [1.807, 2.05) is 0 Å². The topological polar surface area (TPSA) is 101 Å². The minimum atomic E-state index is -3.76. The molecule has 3 rings (SSSR count). The molecule has 1 aromatic carbocycles. The number of anilines is 1. The highest BCUT2D eigenvalue weighted by Crippen LogP contribution is 2.28. The number of carbonyl (C=O) groups excluding carboxylic acids is 1. The number of piperidine rings is 1. The number of benzene rings is 1. The van der Waals surface area contributed by atoms with E-state index in [2.05, 4.69) is 0 Å². The smallest absolute Gasteiger partial charge is 0.310 e. The van der Waals surface area contributed by atoms with Gasteiger partial charge in [0.2, 0.25) is 20.0 Å². The minimum Gasteiger partial charge on any atom is -0.466 e. The third-order valence-electron chi connectivity index (χ3n) is 5.12. The summed E-state index contributed by atoms with van der Waals surface area (Å²) in [7, 11) is -7.11. The van der Waals surface area contributed by atoms with Crippen molar-refractivity contribution in [2.45, 2.75) is 37.5 Å². The van der Waals surface area contributed by atoms with Crippen molar-refractivity contribution < 1.29 is 26.4 Å². The van der Waals surface area contributed by atoms with Gasteiger partial charge in [-0.1, -0.05) is 0 Å². The van der Waals surface area contributed by atoms with Crippen LogP contribution in [0.5, 0.6) is 0 Å². The van der Waals surface area contributed by atoms with Gasteiger partial charge in [-0.15, -0.1) is 0 Å². The van der Waals surface area contributed by atoms with Crippen LogP contribution in [0.4, 0.5) is 5.69 Å². The summed E-state index contributed by atoms with van der Waals surface area (Å²) in [5, 5.41) is 0. The van der Waals surface area contributed by atoms with Gasteiger partial charge in [-0.2, -0.15) is 4.31 Å². The molecule has 2 aliphatic rings. The zero-order valence-electron chi connectivity index (χ0n) is 15.9. The van der Waals surface area contributed by atoms with Gasteiger partial charge in [-0.25, -0.2) is 16.8 Å². The van der Waals surface area contributed by atoms with Crippen molar-refractivity contribution in [3.05, 3.63) is 24.3 Å². The van der Waals surface area contributed by atoms with Crippen molar-refractivity contribution in [1.82, 2.24) is 4.31 Å². The van der Waals surface area contributed by atoms with Crippen LogP contribution >= 0.6 is 0 Å². The van der Waals surface area contributed by atoms with Crippen LogP contribution in [0.15, 0.2) is 29.2 Å². The van der Waals surface area contributed by atoms with E-state index in [-0.39, 0.29) is 29.8 Å². The van der Waals surface area contributed by atoms with E-state index >= 15 is 0 Å². The minimum absolute atomic E-state index is 0.0927. The second kappa shape index (κ2) is 8.38. The molecule has 1 atom stereocenters. The zero-order chi connectivity index (χ0) is 20.4. The molecule has 2 saturated heterocycles. The Kier molecular flexibility index (Phi) is 6.31. The lowest BCUT2D eigenvalue weighted by Gasteiger charge is -2.31. The predicted molar refractivity (Wildman–Crippen MR) is 105 cm³/mol. The van der Waals surface area contributed by atoms with Crippen LogP contribution in [0.2, 0.25) is 0 Å². The van der Waals surface area contributed by atoms with Gasteiger partial charge in [0.25, 0.3) is 0 Å². The Hall–Kier alpha value is -1.65. The first-order chi connectivity index (χ1) is 13.3. The lowest BCUT2D eigenvalue weighted by molar-refractivity contribution is -0.149. The first-order valence-electron chi connectivity index (χ1n) is 9.53. The van der Waals surface area contributed by atoms with Crippen molar-refractivity contribution in [3.8, 4) is 0 Å². The molecule has 0 unspecified atom stereocenters. The molecule has 2 aliphatic heterocycles. The Labute approximate surface area is 166 Å². The summed E-state index contributed by atoms with van der Waals surface area (Å²) in [4.78, 5) is 12.1. The molecule has 1 aromatic rings. The summed E-state index contributed by atoms with van der Waals surface area (Å²) >= 11 is 0. The van der Waals surface area contributed by atoms with Crippen molar-refractivity contribution in [2.24, 2.45) is 5.92 Å². The molecule has 0 aliphatic carbocycles. The summed E-state index contributed by atoms with van der Waals surface area (Å²) in [5.41, 5.74) is 0.474. The predicted octanol–water partition coefficient (Wildman–Crippen LogP) is 1.58. The highest BCUT2D eigenvalue weighted by atomic mass is 32.2. The Morgan fingerprint density at radius 3 is 2.50 bits per heavy atom. The maximum atomic E-state index is 13.0. The summed E-state index contributed by atoms with van der Waals surface area (Å²) in [6, 6.07) is 5.93. The van der Waals surface area contributed by atoms with Crippen LogP contribution in [0.25, 0.3) is 0 Å². The molecule has 0 spiro atoms. The van der Waals surface area contributed by atoms with Gasteiger partial charge in [-0.05, 0) is 56.9 Å². The van der Waals surface area contributed by atoms with Gasteiger partial charge in [0.15, 0.2) is 0 Å². The van der Waals surface area contributed by atoms with E-state index in [1.165, 1.54) is 32.9 Å². The molecule has 0 aromatic heterocycles. The highest BCUT2D eigenvalue weighted by Gasteiger charge is 2.34. The van der Waals surface area contributed by atoms with E-state index in [0.29, 0.717) is 38.0 Å². The molecule has 0 amide bonds. The molecular weight excluding hydrogens is 404 g/mol. The summed E-state index contributed by atoms with van der Waals surface area (Å²) < 4.78 is 58.1. The van der Waals surface area contributed by atoms with Gasteiger partial charge in [0.05, 0.1) is 28.9 Å². The normalized spacial score (nSPS) is 23.3. The van der Waals surface area contributed by atoms with E-state index in [0.717, 1.165) is 6.42 Å². The van der Waals surface area contributed by atoms with Crippen molar-refractivity contribution in [1.29, 1.82) is 0 Å². The number of nitrogens with zero attached hydrogens (tertiary/aromatic N) is 2. The van der Waals surface area contributed by atoms with E-state index < -0.39 is 26.0 Å². The number of rotatable bonds is 5. The number of esters is 1. The van der Waals surface area contributed by atoms with Crippen LogP contribution in [0.3, 0.4) is 0 Å². The fourth-order valence-electron chi connectivity index (χ4n) is 3.63. The second-order valence-electron chi connectivity index (χ2n) is 7.04. The van der Waals surface area contributed by atoms with Gasteiger partial charge < -0.3 is 4.74 Å². The van der Waals surface area contributed by atoms with Gasteiger partial charge >= 0.3 is 5.97 Å². The van der Waals surface area contributed by atoms with Crippen LogP contribution in [-0.2, 0) is 29.6 Å². The molecule has 8 nitrogen and oxygen atoms in total. The Balaban J connectivity index is 1.78. The molecule has 10 heteroatoms. The monoisotopic (exact) mass is 430 g/mol. The maximum absolute atomic E-state index is 13.0. The number of ether oxygens (including phenoxy) is 1. The molecular formula is C18H26N2O6S2. The van der Waals surface area contributed by atoms with Crippen molar-refractivity contribution in [3.63, 3.8) is 0 Å². The fraction of sp³-hybridized carbons (Fsp3) is 0.611. The average Bonchev–Trinajstić information content (AvgIpc) is 2.68. The lowest BCUT2D eigenvalue weighted by Crippen LogP contribution is -2.42. The van der Waals surface area contributed by atoms with E-state index in [1.54, 1.807) is 6.92 Å². The molecule has 2 heterocycles. The van der Waals surface area contributed by atoms with Crippen LogP contribution in [-0.4, -0.2) is 59.1 Å². The molecule has 0 bridgehead atoms. The third kappa shape index (κ3) is 4.33. The average molecular weight is 431 g/mol. The lowest BCUT2D eigenvalue weighted by atomic mass is 10.0. The summed E-state index contributed by atoms with van der Waals surface area (Å²) in [6.45, 7) is 2.84. The largest absolute Gasteiger partial charge is 0.466 e. The number of sulfonamides is 2. The highest BCUT2D eigenvalue weighted by molar-refractivity contribution is 7.92. The molecule has 156 valence electrons. The van der Waals surface area contributed by atoms with Crippen molar-refractivity contribution >= 4 is 31.7 Å². The fourth-order valence-corrected chi connectivity index (χ4v) is 6.79. The molecule has 28 heavy (non-hydrogen) atoms. The standard InChI is InChI=1S/C18H26N2O6S2/c1-2-26-18(21)15-6-5-11-19(14-15)28(24,25)17-9-7-16(8-10-17)20-12-3-4-13-27(20,22)23/h7-10,15H,2-6,11-14H2,1H3/t15-/m0/s1. The summed E-state index contributed by atoms with van der Waals surface area (Å²) in [6.07, 6.45) is 2.62. The second-order valence-corrected chi connectivity index (χ2v) is 11.0. The number of hydrogen-bond donors (Lipinski definition) is 0. The van der Waals surface area contributed by atoms with Crippen LogP contribution in [0.1, 0.15) is 32.6 Å². The van der Waals surface area contributed by atoms with Crippen LogP contribution < -0.4 is 4.31 Å². The first-order valence-corrected chi connectivity index (χ1v) is 12.6. The van der Waals surface area contributed by atoms with Crippen LogP contribution in [0, 0.1) is 5.92 Å². The summed E-state index contributed by atoms with van der Waals surface area (Å²) in [5.74, 6) is -0.718. The number of carbonyl (C=O) groups is 1. The molecule has 0 radical (unpaired) electrons. The molecule has 0 N–H and O–H groups in total. The Bertz CT molecular complexity index is 912. The third-order valence-corrected chi connectivity index (χ3v) is 8.86. The number of hydrogen-bond acceptors (Lipinski definition) is 6. The Morgan fingerprint density at radius 1 is 1.14 bits per heavy atom. The quantitative estimate of drug-likeness (QED) is 0.658. The van der Waals surface area contributed by atoms with Crippen molar-refractivity contribution in [2.75, 3.05) is 36.3 Å². The first kappa shape index (κ1) is 21.1. The maximum Gasteiger partial charge on any atom is 0.310 e. The van der Waals surface area contributed by atoms with Gasteiger partial charge in [0, 0.05) is 19.6 Å². The Morgan fingerprint density at radius 2 is 1.86 bits per heavy atom. The molecule has 0 saturated carbocycles. The SMILES string of the molecule is CCOC(=O)[C@H]1CCCN(S(=O)(=O)c2ccc(N3CCCCS3(=O)=O)cc2)C1. The van der Waals surface area contributed by atoms with Gasteiger partial charge in [-0.3, -0.25) is 9.10 Å².